The average molecular weight is 320 g/mol. The van der Waals surface area contributed by atoms with Gasteiger partial charge in [-0.2, -0.15) is 0 Å². The predicted molar refractivity (Wildman–Crippen MR) is 89.7 cm³/mol. The van der Waals surface area contributed by atoms with E-state index < -0.39 is 0 Å². The Hall–Kier alpha value is -1.78. The van der Waals surface area contributed by atoms with Crippen LogP contribution in [0.4, 0.5) is 0 Å². The van der Waals surface area contributed by atoms with E-state index in [1.807, 2.05) is 0 Å². The third-order valence-corrected chi connectivity index (χ3v) is 4.95. The van der Waals surface area contributed by atoms with Crippen LogP contribution >= 0.6 is 0 Å². The van der Waals surface area contributed by atoms with Crippen molar-refractivity contribution >= 4 is 5.91 Å². The van der Waals surface area contributed by atoms with Crippen LogP contribution in [0.25, 0.3) is 0 Å². The van der Waals surface area contributed by atoms with E-state index in [2.05, 4.69) is 38.0 Å². The van der Waals surface area contributed by atoms with Crippen molar-refractivity contribution in [1.82, 2.24) is 10.3 Å². The van der Waals surface area contributed by atoms with Crippen molar-refractivity contribution in [2.24, 2.45) is 10.8 Å². The zero-order chi connectivity index (χ0) is 17.3. The van der Waals surface area contributed by atoms with Crippen molar-refractivity contribution in [2.75, 3.05) is 7.11 Å². The number of rotatable bonds is 4. The molecule has 2 unspecified atom stereocenters. The van der Waals surface area contributed by atoms with Crippen molar-refractivity contribution in [3.05, 3.63) is 18.0 Å². The number of hydrogen-bond acceptors (Lipinski definition) is 4. The standard InChI is InChI=1S/C18H28N2O3/c1-6-18(4)10-12(9-17(2,3)11-18)20-16(22)14-15(21)13(23-5)7-8-19-14/h7-8,12,21H,6,9-11H2,1-5H3,(H,20,22). The fraction of sp³-hybridized carbons (Fsp3) is 0.667. The third-order valence-electron chi connectivity index (χ3n) is 4.95. The van der Waals surface area contributed by atoms with Gasteiger partial charge in [-0.15, -0.1) is 0 Å². The minimum atomic E-state index is -0.345. The van der Waals surface area contributed by atoms with Gasteiger partial charge in [0.15, 0.2) is 17.2 Å². The lowest BCUT2D eigenvalue weighted by atomic mass is 9.61. The molecule has 1 heterocycles. The SMILES string of the molecule is CCC1(C)CC(NC(=O)c2nccc(OC)c2O)CC(C)(C)C1. The zero-order valence-corrected chi connectivity index (χ0v) is 14.8. The van der Waals surface area contributed by atoms with Crippen LogP contribution in [-0.4, -0.2) is 29.1 Å². The van der Waals surface area contributed by atoms with E-state index in [9.17, 15) is 9.90 Å². The van der Waals surface area contributed by atoms with Gasteiger partial charge in [-0.25, -0.2) is 4.98 Å². The molecule has 128 valence electrons. The third kappa shape index (κ3) is 3.95. The number of aromatic hydroxyl groups is 1. The number of carbonyl (C=O) groups is 1. The maximum Gasteiger partial charge on any atom is 0.274 e. The van der Waals surface area contributed by atoms with E-state index >= 15 is 0 Å². The minimum absolute atomic E-state index is 0.0194. The van der Waals surface area contributed by atoms with E-state index in [4.69, 9.17) is 4.74 Å². The van der Waals surface area contributed by atoms with Crippen molar-refractivity contribution < 1.29 is 14.6 Å². The molecule has 1 aliphatic rings. The highest BCUT2D eigenvalue weighted by atomic mass is 16.5. The molecule has 1 amide bonds. The fourth-order valence-electron chi connectivity index (χ4n) is 4.03. The molecule has 1 saturated carbocycles. The second kappa shape index (κ2) is 6.38. The van der Waals surface area contributed by atoms with E-state index in [0.717, 1.165) is 25.7 Å². The summed E-state index contributed by atoms with van der Waals surface area (Å²) in [6.07, 6.45) is 5.59. The Morgan fingerprint density at radius 2 is 2.13 bits per heavy atom. The molecule has 23 heavy (non-hydrogen) atoms. The van der Waals surface area contributed by atoms with Gasteiger partial charge in [-0.1, -0.05) is 34.1 Å². The second-order valence-corrected chi connectivity index (χ2v) is 7.79. The van der Waals surface area contributed by atoms with Gasteiger partial charge in [0.25, 0.3) is 5.91 Å². The molecule has 2 N–H and O–H groups in total. The van der Waals surface area contributed by atoms with E-state index in [0.29, 0.717) is 0 Å². The molecular formula is C18H28N2O3. The van der Waals surface area contributed by atoms with Gasteiger partial charge in [0, 0.05) is 18.3 Å². The van der Waals surface area contributed by atoms with Crippen molar-refractivity contribution in [1.29, 1.82) is 0 Å². The first-order valence-corrected chi connectivity index (χ1v) is 8.22. The monoisotopic (exact) mass is 320 g/mol. The molecule has 1 fully saturated rings. The fourth-order valence-corrected chi connectivity index (χ4v) is 4.03. The summed E-state index contributed by atoms with van der Waals surface area (Å²) in [7, 11) is 1.45. The first kappa shape index (κ1) is 17.6. The number of hydrogen-bond donors (Lipinski definition) is 2. The van der Waals surface area contributed by atoms with E-state index in [-0.39, 0.29) is 40.0 Å². The lowest BCUT2D eigenvalue weighted by Gasteiger charge is -2.46. The van der Waals surface area contributed by atoms with Gasteiger partial charge in [0.2, 0.25) is 0 Å². The number of aromatic nitrogens is 1. The van der Waals surface area contributed by atoms with E-state index in [1.165, 1.54) is 19.4 Å². The number of pyridine rings is 1. The molecule has 1 aromatic heterocycles. The molecule has 5 heteroatoms. The summed E-state index contributed by atoms with van der Waals surface area (Å²) in [4.78, 5) is 16.5. The molecule has 5 nitrogen and oxygen atoms in total. The predicted octanol–water partition coefficient (Wildman–Crippen LogP) is 3.52. The Labute approximate surface area is 138 Å². The Morgan fingerprint density at radius 3 is 2.74 bits per heavy atom. The van der Waals surface area contributed by atoms with Crippen molar-refractivity contribution in [3.63, 3.8) is 0 Å². The van der Waals surface area contributed by atoms with Gasteiger partial charge >= 0.3 is 0 Å². The number of nitrogens with zero attached hydrogens (tertiary/aromatic N) is 1. The zero-order valence-electron chi connectivity index (χ0n) is 14.8. The quantitative estimate of drug-likeness (QED) is 0.890. The molecule has 1 aromatic rings. The highest BCUT2D eigenvalue weighted by Crippen LogP contribution is 2.47. The molecule has 2 rings (SSSR count). The maximum atomic E-state index is 12.5. The molecule has 1 aliphatic carbocycles. The summed E-state index contributed by atoms with van der Waals surface area (Å²) in [6, 6.07) is 1.62. The number of carbonyl (C=O) groups excluding carboxylic acids is 1. The first-order valence-electron chi connectivity index (χ1n) is 8.22. The van der Waals surface area contributed by atoms with Gasteiger partial charge in [0.1, 0.15) is 0 Å². The summed E-state index contributed by atoms with van der Waals surface area (Å²) in [5.74, 6) is -0.295. The number of ether oxygens (including phenoxy) is 1. The van der Waals surface area contributed by atoms with Gasteiger partial charge in [0.05, 0.1) is 7.11 Å². The van der Waals surface area contributed by atoms with E-state index in [1.54, 1.807) is 0 Å². The van der Waals surface area contributed by atoms with Crippen LogP contribution in [0.2, 0.25) is 0 Å². The Bertz CT molecular complexity index is 586. The highest BCUT2D eigenvalue weighted by Gasteiger charge is 2.40. The van der Waals surface area contributed by atoms with Crippen LogP contribution in [0.1, 0.15) is 63.9 Å². The molecular weight excluding hydrogens is 292 g/mol. The van der Waals surface area contributed by atoms with Crippen molar-refractivity contribution in [3.8, 4) is 11.5 Å². The van der Waals surface area contributed by atoms with Crippen LogP contribution in [0.15, 0.2) is 12.3 Å². The molecule has 0 radical (unpaired) electrons. The lowest BCUT2D eigenvalue weighted by molar-refractivity contribution is 0.0604. The topological polar surface area (TPSA) is 71.5 Å². The summed E-state index contributed by atoms with van der Waals surface area (Å²) in [5, 5.41) is 13.1. The molecule has 0 spiro atoms. The first-order chi connectivity index (χ1) is 10.7. The van der Waals surface area contributed by atoms with Crippen LogP contribution in [0.3, 0.4) is 0 Å². The minimum Gasteiger partial charge on any atom is -0.503 e. The Kier molecular flexibility index (Phi) is 4.87. The van der Waals surface area contributed by atoms with Crippen LogP contribution in [0, 0.1) is 10.8 Å². The number of amides is 1. The normalized spacial score (nSPS) is 26.6. The molecule has 2 atom stereocenters. The van der Waals surface area contributed by atoms with Gasteiger partial charge in [-0.3, -0.25) is 4.79 Å². The van der Waals surface area contributed by atoms with Gasteiger partial charge < -0.3 is 15.2 Å². The number of methoxy groups -OCH3 is 1. The van der Waals surface area contributed by atoms with Crippen LogP contribution in [-0.2, 0) is 0 Å². The summed E-state index contributed by atoms with van der Waals surface area (Å²) in [6.45, 7) is 8.99. The number of nitrogens with one attached hydrogen (secondary N) is 1. The van der Waals surface area contributed by atoms with Crippen LogP contribution in [0.5, 0.6) is 11.5 Å². The summed E-state index contributed by atoms with van der Waals surface area (Å²) < 4.78 is 5.04. The Balaban J connectivity index is 2.17. The largest absolute Gasteiger partial charge is 0.503 e. The summed E-state index contributed by atoms with van der Waals surface area (Å²) in [5.41, 5.74) is 0.430. The molecule has 0 bridgehead atoms. The smallest absolute Gasteiger partial charge is 0.274 e. The summed E-state index contributed by atoms with van der Waals surface area (Å²) >= 11 is 0. The Morgan fingerprint density at radius 1 is 1.43 bits per heavy atom. The average Bonchev–Trinajstić information content (AvgIpc) is 2.45. The molecule has 0 aliphatic heterocycles. The molecule has 0 saturated heterocycles. The van der Waals surface area contributed by atoms with Gasteiger partial charge in [-0.05, 0) is 30.1 Å². The lowest BCUT2D eigenvalue weighted by Crippen LogP contribution is -2.46. The molecule has 0 aromatic carbocycles. The maximum absolute atomic E-state index is 12.5. The van der Waals surface area contributed by atoms with Crippen LogP contribution < -0.4 is 10.1 Å². The highest BCUT2D eigenvalue weighted by molar-refractivity contribution is 5.95. The van der Waals surface area contributed by atoms with Crippen molar-refractivity contribution in [2.45, 2.75) is 59.4 Å². The second-order valence-electron chi connectivity index (χ2n) is 7.79.